The van der Waals surface area contributed by atoms with Crippen LogP contribution in [0.2, 0.25) is 19.6 Å². The topological polar surface area (TPSA) is 32.8 Å². The van der Waals surface area contributed by atoms with Crippen LogP contribution in [0.25, 0.3) is 0 Å². The van der Waals surface area contributed by atoms with Gasteiger partial charge >= 0.3 is 0 Å². The lowest BCUT2D eigenvalue weighted by Crippen LogP contribution is -2.46. The highest BCUT2D eigenvalue weighted by atomic mass is 28.3. The molecule has 2 nitrogen and oxygen atoms in total. The summed E-state index contributed by atoms with van der Waals surface area (Å²) in [5, 5.41) is 9.56. The number of hydrogen-bond acceptors (Lipinski definition) is 2. The van der Waals surface area contributed by atoms with Crippen LogP contribution in [0.3, 0.4) is 0 Å². The summed E-state index contributed by atoms with van der Waals surface area (Å²) in [5.74, 6) is -0.980. The first-order chi connectivity index (χ1) is 5.41. The molecule has 0 amide bonds. The number of rotatable bonds is 1. The maximum atomic E-state index is 9.91. The first kappa shape index (κ1) is 8.23. The quantitative estimate of drug-likeness (QED) is 0.492. The van der Waals surface area contributed by atoms with Crippen molar-refractivity contribution in [3.05, 3.63) is 24.3 Å². The van der Waals surface area contributed by atoms with E-state index >= 15 is 0 Å². The molecule has 1 aliphatic carbocycles. The van der Waals surface area contributed by atoms with Gasteiger partial charge in [0.25, 0.3) is 0 Å². The summed E-state index contributed by atoms with van der Waals surface area (Å²) >= 11 is 0. The highest BCUT2D eigenvalue weighted by Gasteiger charge is 2.73. The molecule has 1 fully saturated rings. The van der Waals surface area contributed by atoms with Gasteiger partial charge in [-0.05, 0) is 6.08 Å². The number of hydrogen-bond donors (Lipinski definition) is 1. The minimum atomic E-state index is -1.49. The zero-order valence-corrected chi connectivity index (χ0v) is 8.66. The smallest absolute Gasteiger partial charge is 0.216 e. The predicted octanol–water partition coefficient (Wildman–Crippen LogP) is 1.45. The Morgan fingerprint density at radius 1 is 1.17 bits per heavy atom. The summed E-state index contributed by atoms with van der Waals surface area (Å²) in [5.41, 5.74) is 0. The van der Waals surface area contributed by atoms with Crippen LogP contribution >= 0.6 is 0 Å². The second-order valence-corrected chi connectivity index (χ2v) is 9.75. The van der Waals surface area contributed by atoms with Crippen molar-refractivity contribution in [2.75, 3.05) is 0 Å². The fourth-order valence-corrected chi connectivity index (χ4v) is 4.06. The SMILES string of the molecule is C[Si](C)(C)C12C=CC=CC1(O)O2. The first-order valence-electron chi connectivity index (χ1n) is 4.21. The third kappa shape index (κ3) is 0.762. The molecule has 3 heteroatoms. The highest BCUT2D eigenvalue weighted by Crippen LogP contribution is 2.55. The lowest BCUT2D eigenvalue weighted by Gasteiger charge is -2.24. The summed E-state index contributed by atoms with van der Waals surface area (Å²) in [6, 6.07) is 0. The minimum Gasteiger partial charge on any atom is -0.360 e. The second-order valence-electron chi connectivity index (χ2n) is 4.50. The van der Waals surface area contributed by atoms with Gasteiger partial charge in [0.15, 0.2) is 0 Å². The maximum Gasteiger partial charge on any atom is 0.216 e. The molecular weight excluding hydrogens is 168 g/mol. The van der Waals surface area contributed by atoms with Crippen LogP contribution in [0.1, 0.15) is 0 Å². The van der Waals surface area contributed by atoms with Crippen LogP contribution in [-0.2, 0) is 4.74 Å². The van der Waals surface area contributed by atoms with E-state index in [1.165, 1.54) is 0 Å². The van der Waals surface area contributed by atoms with Gasteiger partial charge in [0.05, 0.1) is 8.07 Å². The van der Waals surface area contributed by atoms with Gasteiger partial charge in [-0.3, -0.25) is 0 Å². The molecule has 2 unspecified atom stereocenters. The van der Waals surface area contributed by atoms with E-state index in [9.17, 15) is 5.11 Å². The third-order valence-electron chi connectivity index (χ3n) is 2.69. The zero-order valence-electron chi connectivity index (χ0n) is 7.66. The molecule has 12 heavy (non-hydrogen) atoms. The standard InChI is InChI=1S/C9H14O2Si/c1-12(2,3)9-7-5-4-6-8(9,10)11-9/h4-7,10H,1-3H3. The molecule has 1 saturated heterocycles. The molecule has 1 aliphatic heterocycles. The van der Waals surface area contributed by atoms with Gasteiger partial charge in [-0.15, -0.1) is 0 Å². The molecule has 1 heterocycles. The first-order valence-corrected chi connectivity index (χ1v) is 7.71. The van der Waals surface area contributed by atoms with E-state index in [1.807, 2.05) is 18.2 Å². The molecule has 2 atom stereocenters. The molecule has 66 valence electrons. The van der Waals surface area contributed by atoms with Crippen molar-refractivity contribution >= 4 is 8.07 Å². The zero-order chi connectivity index (χ0) is 9.04. The highest BCUT2D eigenvalue weighted by molar-refractivity contribution is 6.80. The Balaban J connectivity index is 2.39. The molecule has 1 N–H and O–H groups in total. The van der Waals surface area contributed by atoms with E-state index in [-0.39, 0.29) is 5.22 Å². The van der Waals surface area contributed by atoms with Crippen molar-refractivity contribution in [2.24, 2.45) is 0 Å². The number of allylic oxidation sites excluding steroid dienone is 2. The summed E-state index contributed by atoms with van der Waals surface area (Å²) < 4.78 is 5.46. The predicted molar refractivity (Wildman–Crippen MR) is 50.4 cm³/mol. The Labute approximate surface area is 73.6 Å². The molecule has 0 aromatic rings. The van der Waals surface area contributed by atoms with Crippen molar-refractivity contribution < 1.29 is 9.84 Å². The Hall–Kier alpha value is -0.383. The van der Waals surface area contributed by atoms with E-state index in [1.54, 1.807) is 6.08 Å². The van der Waals surface area contributed by atoms with Gasteiger partial charge in [0, 0.05) is 0 Å². The van der Waals surface area contributed by atoms with Crippen molar-refractivity contribution in [2.45, 2.75) is 30.7 Å². The molecule has 2 aliphatic rings. The molecule has 0 bridgehead atoms. The average Bonchev–Trinajstić information content (AvgIpc) is 2.54. The number of epoxide rings is 1. The van der Waals surface area contributed by atoms with E-state index in [2.05, 4.69) is 19.6 Å². The summed E-state index contributed by atoms with van der Waals surface area (Å²) in [4.78, 5) is 0. The van der Waals surface area contributed by atoms with Gasteiger partial charge in [-0.25, -0.2) is 0 Å². The minimum absolute atomic E-state index is 0.352. The number of fused-ring (bicyclic) bond motifs is 1. The van der Waals surface area contributed by atoms with Gasteiger partial charge in [0.1, 0.15) is 5.22 Å². The Kier molecular flexibility index (Phi) is 1.32. The summed E-state index contributed by atoms with van der Waals surface area (Å²) in [6.45, 7) is 6.61. The van der Waals surface area contributed by atoms with Crippen LogP contribution < -0.4 is 0 Å². The lowest BCUT2D eigenvalue weighted by atomic mass is 10.1. The van der Waals surface area contributed by atoms with Crippen LogP contribution in [0.15, 0.2) is 24.3 Å². The number of aliphatic hydroxyl groups is 1. The number of ether oxygens (including phenoxy) is 1. The van der Waals surface area contributed by atoms with Gasteiger partial charge in [-0.1, -0.05) is 37.9 Å². The van der Waals surface area contributed by atoms with Crippen LogP contribution in [-0.4, -0.2) is 24.2 Å². The van der Waals surface area contributed by atoms with Crippen molar-refractivity contribution in [1.82, 2.24) is 0 Å². The monoisotopic (exact) mass is 182 g/mol. The van der Waals surface area contributed by atoms with E-state index in [0.717, 1.165) is 0 Å². The lowest BCUT2D eigenvalue weighted by molar-refractivity contribution is 0.0825. The fourth-order valence-electron chi connectivity index (χ4n) is 1.85. The largest absolute Gasteiger partial charge is 0.360 e. The second kappa shape index (κ2) is 1.92. The third-order valence-corrected chi connectivity index (χ3v) is 5.54. The van der Waals surface area contributed by atoms with Crippen molar-refractivity contribution in [1.29, 1.82) is 0 Å². The van der Waals surface area contributed by atoms with Crippen molar-refractivity contribution in [3.8, 4) is 0 Å². The molecule has 0 spiro atoms. The summed E-state index contributed by atoms with van der Waals surface area (Å²) in [6.07, 6.45) is 7.54. The molecule has 0 aromatic heterocycles. The Morgan fingerprint density at radius 3 is 2.17 bits per heavy atom. The Bertz CT molecular complexity index is 277. The van der Waals surface area contributed by atoms with E-state index < -0.39 is 13.9 Å². The normalized spacial score (nSPS) is 44.3. The van der Waals surface area contributed by atoms with Crippen LogP contribution in [0.4, 0.5) is 0 Å². The van der Waals surface area contributed by atoms with Crippen molar-refractivity contribution in [3.63, 3.8) is 0 Å². The molecule has 0 aromatic carbocycles. The van der Waals surface area contributed by atoms with E-state index in [0.29, 0.717) is 0 Å². The maximum absolute atomic E-state index is 9.91. The molecular formula is C9H14O2Si. The van der Waals surface area contributed by atoms with Gasteiger partial charge in [0.2, 0.25) is 5.79 Å². The summed E-state index contributed by atoms with van der Waals surface area (Å²) in [7, 11) is -1.49. The van der Waals surface area contributed by atoms with Gasteiger partial charge in [-0.2, -0.15) is 0 Å². The molecule has 0 radical (unpaired) electrons. The molecule has 2 rings (SSSR count). The fraction of sp³-hybridized carbons (Fsp3) is 0.556. The molecule has 0 saturated carbocycles. The Morgan fingerprint density at radius 2 is 1.75 bits per heavy atom. The van der Waals surface area contributed by atoms with Gasteiger partial charge < -0.3 is 9.84 Å². The van der Waals surface area contributed by atoms with Crippen LogP contribution in [0.5, 0.6) is 0 Å². The van der Waals surface area contributed by atoms with E-state index in [4.69, 9.17) is 4.74 Å². The van der Waals surface area contributed by atoms with Crippen LogP contribution in [0, 0.1) is 0 Å². The average molecular weight is 182 g/mol.